The molecule has 2 aromatic carbocycles. The zero-order chi connectivity index (χ0) is 20.7. The highest BCUT2D eigenvalue weighted by molar-refractivity contribution is 6.30. The van der Waals surface area contributed by atoms with Crippen molar-refractivity contribution < 1.29 is 23.8 Å². The fraction of sp³-hybridized carbons (Fsp3) is 0.300. The summed E-state index contributed by atoms with van der Waals surface area (Å²) in [6, 6.07) is 13.6. The van der Waals surface area contributed by atoms with E-state index in [1.807, 2.05) is 0 Å². The number of carbonyl (C=O) groups excluding carboxylic acids is 2. The van der Waals surface area contributed by atoms with Crippen LogP contribution in [0.15, 0.2) is 48.5 Å². The van der Waals surface area contributed by atoms with Gasteiger partial charge >= 0.3 is 6.09 Å². The van der Waals surface area contributed by atoms with Crippen LogP contribution in [0.2, 0.25) is 5.02 Å². The Morgan fingerprint density at radius 3 is 2.21 bits per heavy atom. The third kappa shape index (κ3) is 5.22. The number of anilines is 2. The molecule has 28 heavy (non-hydrogen) atoms. The number of rotatable bonds is 7. The molecule has 8 heteroatoms. The molecule has 0 heterocycles. The highest BCUT2D eigenvalue weighted by Gasteiger charge is 2.41. The quantitative estimate of drug-likeness (QED) is 0.666. The number of halogens is 1. The normalized spacial score (nSPS) is 12.2. The highest BCUT2D eigenvalue weighted by Crippen LogP contribution is 2.33. The predicted octanol–water partition coefficient (Wildman–Crippen LogP) is 4.38. The van der Waals surface area contributed by atoms with Gasteiger partial charge in [-0.15, -0.1) is 0 Å². The lowest BCUT2D eigenvalue weighted by Gasteiger charge is -2.36. The van der Waals surface area contributed by atoms with E-state index >= 15 is 0 Å². The van der Waals surface area contributed by atoms with Crippen molar-refractivity contribution in [1.82, 2.24) is 0 Å². The fourth-order valence-electron chi connectivity index (χ4n) is 2.82. The average molecular weight is 407 g/mol. The van der Waals surface area contributed by atoms with Crippen molar-refractivity contribution in [1.29, 1.82) is 0 Å². The maximum absolute atomic E-state index is 12.3. The minimum Gasteiger partial charge on any atom is -0.440 e. The van der Waals surface area contributed by atoms with Gasteiger partial charge in [0.2, 0.25) is 11.7 Å². The van der Waals surface area contributed by atoms with E-state index in [-0.39, 0.29) is 5.91 Å². The summed E-state index contributed by atoms with van der Waals surface area (Å²) in [6.45, 7) is 3.07. The summed E-state index contributed by atoms with van der Waals surface area (Å²) in [5.41, 5.74) is 1.69. The van der Waals surface area contributed by atoms with Crippen molar-refractivity contribution in [2.24, 2.45) is 0 Å². The first-order valence-electron chi connectivity index (χ1n) is 8.52. The summed E-state index contributed by atoms with van der Waals surface area (Å²) in [5, 5.41) is 5.88. The third-order valence-corrected chi connectivity index (χ3v) is 4.35. The molecule has 0 saturated heterocycles. The van der Waals surface area contributed by atoms with Gasteiger partial charge < -0.3 is 19.5 Å². The molecule has 1 atom stereocenters. The van der Waals surface area contributed by atoms with Crippen LogP contribution in [0.4, 0.5) is 16.2 Å². The summed E-state index contributed by atoms with van der Waals surface area (Å²) < 4.78 is 16.7. The van der Waals surface area contributed by atoms with Gasteiger partial charge in [-0.25, -0.2) is 4.79 Å². The molecule has 2 aromatic rings. The molecular formula is C20H23ClN2O5. The topological polar surface area (TPSA) is 85.9 Å². The van der Waals surface area contributed by atoms with E-state index in [0.29, 0.717) is 22.0 Å². The molecule has 0 aliphatic carbocycles. The van der Waals surface area contributed by atoms with Crippen LogP contribution in [0, 0.1) is 0 Å². The minimum atomic E-state index is -1.37. The summed E-state index contributed by atoms with van der Waals surface area (Å²) >= 11 is 5.84. The summed E-state index contributed by atoms with van der Waals surface area (Å²) in [7, 11) is 2.90. The molecule has 0 saturated carbocycles. The number of benzene rings is 2. The number of hydrogen-bond donors (Lipinski definition) is 2. The van der Waals surface area contributed by atoms with Gasteiger partial charge in [-0.1, -0.05) is 23.7 Å². The van der Waals surface area contributed by atoms with Gasteiger partial charge in [-0.3, -0.25) is 10.1 Å². The van der Waals surface area contributed by atoms with Gasteiger partial charge in [0.05, 0.1) is 0 Å². The lowest BCUT2D eigenvalue weighted by Crippen LogP contribution is -2.44. The first kappa shape index (κ1) is 21.7. The lowest BCUT2D eigenvalue weighted by atomic mass is 9.99. The Labute approximate surface area is 168 Å². The van der Waals surface area contributed by atoms with E-state index in [2.05, 4.69) is 10.6 Å². The van der Waals surface area contributed by atoms with Crippen molar-refractivity contribution in [3.63, 3.8) is 0 Å². The monoisotopic (exact) mass is 406 g/mol. The molecule has 150 valence electrons. The molecule has 0 aromatic heterocycles. The van der Waals surface area contributed by atoms with E-state index in [4.69, 9.17) is 25.8 Å². The van der Waals surface area contributed by atoms with Crippen molar-refractivity contribution >= 4 is 35.0 Å². The molecule has 7 nitrogen and oxygen atoms in total. The van der Waals surface area contributed by atoms with Crippen molar-refractivity contribution in [3.8, 4) is 0 Å². The van der Waals surface area contributed by atoms with Crippen LogP contribution >= 0.6 is 11.6 Å². The van der Waals surface area contributed by atoms with E-state index in [1.165, 1.54) is 21.1 Å². The Bertz CT molecular complexity index is 822. The van der Waals surface area contributed by atoms with Crippen LogP contribution in [0.25, 0.3) is 0 Å². The molecule has 0 fully saturated rings. The third-order valence-electron chi connectivity index (χ3n) is 4.10. The second kappa shape index (κ2) is 9.54. The smallest absolute Gasteiger partial charge is 0.412 e. The van der Waals surface area contributed by atoms with E-state index in [1.54, 1.807) is 55.5 Å². The zero-order valence-corrected chi connectivity index (χ0v) is 16.9. The van der Waals surface area contributed by atoms with Crippen LogP contribution in [0.5, 0.6) is 0 Å². The number of nitrogens with one attached hydrogen (secondary N) is 2. The Hall–Kier alpha value is -2.61. The fourth-order valence-corrected chi connectivity index (χ4v) is 2.95. The highest BCUT2D eigenvalue weighted by atomic mass is 35.5. The minimum absolute atomic E-state index is 0.204. The second-order valence-corrected chi connectivity index (χ2v) is 6.45. The SMILES string of the molecule is COC(OC)(c1cccc(NC(C)=O)c1)C(C)OC(=O)Nc1ccc(Cl)cc1. The maximum Gasteiger partial charge on any atom is 0.412 e. The van der Waals surface area contributed by atoms with Gasteiger partial charge in [0.25, 0.3) is 0 Å². The Morgan fingerprint density at radius 1 is 1.00 bits per heavy atom. The molecular weight excluding hydrogens is 384 g/mol. The lowest BCUT2D eigenvalue weighted by molar-refractivity contribution is -0.263. The van der Waals surface area contributed by atoms with Gasteiger partial charge in [-0.05, 0) is 43.3 Å². The van der Waals surface area contributed by atoms with Crippen molar-refractivity contribution in [2.45, 2.75) is 25.7 Å². The molecule has 2 amide bonds. The molecule has 2 rings (SSSR count). The van der Waals surface area contributed by atoms with Crippen LogP contribution < -0.4 is 10.6 Å². The summed E-state index contributed by atoms with van der Waals surface area (Å²) in [4.78, 5) is 23.6. The average Bonchev–Trinajstić information content (AvgIpc) is 2.65. The molecule has 0 aliphatic rings. The van der Waals surface area contributed by atoms with Gasteiger partial charge in [0.1, 0.15) is 0 Å². The zero-order valence-electron chi connectivity index (χ0n) is 16.1. The number of methoxy groups -OCH3 is 2. The first-order valence-corrected chi connectivity index (χ1v) is 8.90. The van der Waals surface area contributed by atoms with E-state index < -0.39 is 18.0 Å². The van der Waals surface area contributed by atoms with E-state index in [9.17, 15) is 9.59 Å². The predicted molar refractivity (Wildman–Crippen MR) is 107 cm³/mol. The molecule has 0 spiro atoms. The molecule has 0 bridgehead atoms. The van der Waals surface area contributed by atoms with Crippen LogP contribution in [-0.2, 0) is 24.8 Å². The molecule has 2 N–H and O–H groups in total. The Kier molecular flexibility index (Phi) is 7.39. The van der Waals surface area contributed by atoms with Crippen molar-refractivity contribution in [2.75, 3.05) is 24.9 Å². The number of hydrogen-bond acceptors (Lipinski definition) is 5. The first-order chi connectivity index (χ1) is 13.3. The molecule has 0 aliphatic heterocycles. The van der Waals surface area contributed by atoms with Gasteiger partial charge in [-0.2, -0.15) is 0 Å². The van der Waals surface area contributed by atoms with Crippen LogP contribution in [0.1, 0.15) is 19.4 Å². The number of amides is 2. The van der Waals surface area contributed by atoms with Gasteiger partial charge in [0.15, 0.2) is 6.10 Å². The van der Waals surface area contributed by atoms with Crippen LogP contribution in [-0.4, -0.2) is 32.3 Å². The standard InChI is InChI=1S/C20H23ClN2O5/c1-13(28-19(25)23-17-10-8-16(21)9-11-17)20(26-3,27-4)15-6-5-7-18(12-15)22-14(2)24/h5-13H,1-4H3,(H,22,24)(H,23,25). The van der Waals surface area contributed by atoms with E-state index in [0.717, 1.165) is 0 Å². The van der Waals surface area contributed by atoms with Crippen molar-refractivity contribution in [3.05, 3.63) is 59.1 Å². The second-order valence-electron chi connectivity index (χ2n) is 6.02. The Morgan fingerprint density at radius 2 is 1.64 bits per heavy atom. The van der Waals surface area contributed by atoms with Gasteiger partial charge in [0, 0.05) is 43.1 Å². The number of ether oxygens (including phenoxy) is 3. The largest absolute Gasteiger partial charge is 0.440 e. The Balaban J connectivity index is 2.20. The van der Waals surface area contributed by atoms with Crippen LogP contribution in [0.3, 0.4) is 0 Å². The number of carbonyl (C=O) groups is 2. The summed E-state index contributed by atoms with van der Waals surface area (Å²) in [5.74, 6) is -1.57. The maximum atomic E-state index is 12.3. The summed E-state index contributed by atoms with van der Waals surface area (Å²) in [6.07, 6.45) is -1.49. The molecule has 1 unspecified atom stereocenters. The molecule has 0 radical (unpaired) electrons.